The van der Waals surface area contributed by atoms with Gasteiger partial charge in [0.25, 0.3) is 5.91 Å². The summed E-state index contributed by atoms with van der Waals surface area (Å²) in [5, 5.41) is 6.25. The molecule has 9 heteroatoms. The van der Waals surface area contributed by atoms with Crippen LogP contribution in [0.2, 0.25) is 0 Å². The first-order valence-electron chi connectivity index (χ1n) is 9.16. The minimum absolute atomic E-state index is 0.174. The van der Waals surface area contributed by atoms with Crippen LogP contribution in [0.3, 0.4) is 0 Å². The van der Waals surface area contributed by atoms with Gasteiger partial charge in [0.15, 0.2) is 0 Å². The SMILES string of the molecule is CC(=O)Nc1cccc(NC(=O)CSCC2=NC(=O)C3C=C(C(C)C)SC3=N2)c1. The summed E-state index contributed by atoms with van der Waals surface area (Å²) in [6.07, 6.45) is 1.95. The highest BCUT2D eigenvalue weighted by Gasteiger charge is 2.34. The number of nitrogens with one attached hydrogen (secondary N) is 2. The second-order valence-corrected chi connectivity index (χ2v) is 9.00. The lowest BCUT2D eigenvalue weighted by Gasteiger charge is -2.12. The predicted octanol–water partition coefficient (Wildman–Crippen LogP) is 3.56. The smallest absolute Gasteiger partial charge is 0.261 e. The van der Waals surface area contributed by atoms with Crippen molar-refractivity contribution in [1.82, 2.24) is 0 Å². The summed E-state index contributed by atoms with van der Waals surface area (Å²) in [6.45, 7) is 5.60. The Morgan fingerprint density at radius 2 is 1.93 bits per heavy atom. The lowest BCUT2D eigenvalue weighted by Crippen LogP contribution is -2.24. The largest absolute Gasteiger partial charge is 0.326 e. The number of fused-ring (bicyclic) bond motifs is 1. The molecule has 3 amide bonds. The second-order valence-electron chi connectivity index (χ2n) is 6.92. The third kappa shape index (κ3) is 5.80. The van der Waals surface area contributed by atoms with Crippen molar-refractivity contribution in [1.29, 1.82) is 0 Å². The molecule has 0 saturated heterocycles. The van der Waals surface area contributed by atoms with E-state index in [9.17, 15) is 14.4 Å². The van der Waals surface area contributed by atoms with E-state index in [1.54, 1.807) is 36.0 Å². The fourth-order valence-electron chi connectivity index (χ4n) is 2.76. The molecule has 152 valence electrons. The number of nitrogens with zero attached hydrogens (tertiary/aromatic N) is 2. The summed E-state index contributed by atoms with van der Waals surface area (Å²) in [7, 11) is 0. The maximum absolute atomic E-state index is 12.3. The third-order valence-corrected chi connectivity index (χ3v) is 6.39. The number of benzene rings is 1. The van der Waals surface area contributed by atoms with E-state index in [0.717, 1.165) is 9.95 Å². The van der Waals surface area contributed by atoms with Crippen LogP contribution in [0.4, 0.5) is 11.4 Å². The van der Waals surface area contributed by atoms with Crippen molar-refractivity contribution in [3.63, 3.8) is 0 Å². The quantitative estimate of drug-likeness (QED) is 0.689. The van der Waals surface area contributed by atoms with Gasteiger partial charge in [-0.15, -0.1) is 11.8 Å². The Balaban J connectivity index is 1.49. The van der Waals surface area contributed by atoms with E-state index in [2.05, 4.69) is 34.5 Å². The number of hydrogen-bond donors (Lipinski definition) is 2. The van der Waals surface area contributed by atoms with Crippen molar-refractivity contribution >= 4 is 63.5 Å². The van der Waals surface area contributed by atoms with E-state index < -0.39 is 0 Å². The molecule has 1 unspecified atom stereocenters. The van der Waals surface area contributed by atoms with Crippen LogP contribution in [0, 0.1) is 11.8 Å². The van der Waals surface area contributed by atoms with Crippen molar-refractivity contribution in [2.75, 3.05) is 22.1 Å². The number of amides is 3. The van der Waals surface area contributed by atoms with Crippen molar-refractivity contribution in [3.8, 4) is 0 Å². The molecule has 0 fully saturated rings. The van der Waals surface area contributed by atoms with Crippen LogP contribution in [0.25, 0.3) is 0 Å². The van der Waals surface area contributed by atoms with E-state index >= 15 is 0 Å². The van der Waals surface area contributed by atoms with Crippen LogP contribution in [0.5, 0.6) is 0 Å². The standard InChI is InChI=1S/C20H22N4O3S2/c1-11(2)16-8-15-19(27)23-17(24-20(15)29-16)9-28-10-18(26)22-14-6-4-5-13(7-14)21-12(3)25/h4-8,11,15H,9-10H2,1-3H3,(H,21,25)(H,22,26). The van der Waals surface area contributed by atoms with Crippen molar-refractivity contribution in [2.24, 2.45) is 21.8 Å². The lowest BCUT2D eigenvalue weighted by molar-refractivity contribution is -0.118. The van der Waals surface area contributed by atoms with Gasteiger partial charge in [0.2, 0.25) is 11.8 Å². The zero-order chi connectivity index (χ0) is 21.0. The molecule has 29 heavy (non-hydrogen) atoms. The summed E-state index contributed by atoms with van der Waals surface area (Å²) >= 11 is 2.90. The van der Waals surface area contributed by atoms with Gasteiger partial charge in [0.05, 0.1) is 16.5 Å². The second kappa shape index (κ2) is 9.41. The molecule has 0 radical (unpaired) electrons. The zero-order valence-corrected chi connectivity index (χ0v) is 18.0. The Morgan fingerprint density at radius 1 is 1.21 bits per heavy atom. The van der Waals surface area contributed by atoms with Crippen molar-refractivity contribution in [2.45, 2.75) is 20.8 Å². The Kier molecular flexibility index (Phi) is 6.92. The van der Waals surface area contributed by atoms with Gasteiger partial charge in [-0.25, -0.2) is 4.99 Å². The molecular weight excluding hydrogens is 408 g/mol. The lowest BCUT2D eigenvalue weighted by atomic mass is 10.1. The first kappa shape index (κ1) is 21.3. The Hall–Kier alpha value is -2.39. The number of anilines is 2. The maximum atomic E-state index is 12.3. The van der Waals surface area contributed by atoms with Gasteiger partial charge in [-0.1, -0.05) is 37.8 Å². The average molecular weight is 431 g/mol. The minimum atomic E-state index is -0.342. The fraction of sp³-hybridized carbons (Fsp3) is 0.350. The molecule has 2 aliphatic heterocycles. The number of amidine groups is 1. The molecule has 1 aromatic carbocycles. The molecule has 7 nitrogen and oxygen atoms in total. The first-order chi connectivity index (χ1) is 13.8. The predicted molar refractivity (Wildman–Crippen MR) is 121 cm³/mol. The number of thioether (sulfide) groups is 2. The number of rotatable bonds is 7. The molecule has 1 aromatic rings. The maximum Gasteiger partial charge on any atom is 0.261 e. The van der Waals surface area contributed by atoms with Gasteiger partial charge >= 0.3 is 0 Å². The molecule has 2 heterocycles. The highest BCUT2D eigenvalue weighted by atomic mass is 32.2. The van der Waals surface area contributed by atoms with E-state index in [-0.39, 0.29) is 29.4 Å². The van der Waals surface area contributed by atoms with Crippen LogP contribution >= 0.6 is 23.5 Å². The van der Waals surface area contributed by atoms with Crippen LogP contribution < -0.4 is 10.6 Å². The molecule has 1 atom stereocenters. The summed E-state index contributed by atoms with van der Waals surface area (Å²) in [5.41, 5.74) is 1.22. The molecular formula is C20H22N4O3S2. The zero-order valence-electron chi connectivity index (χ0n) is 16.4. The monoisotopic (exact) mass is 430 g/mol. The van der Waals surface area contributed by atoms with Gasteiger partial charge in [-0.2, -0.15) is 4.99 Å². The summed E-state index contributed by atoms with van der Waals surface area (Å²) in [5.74, 6) is 0.518. The summed E-state index contributed by atoms with van der Waals surface area (Å²) in [4.78, 5) is 45.3. The molecule has 0 saturated carbocycles. The molecule has 0 aliphatic carbocycles. The van der Waals surface area contributed by atoms with Crippen LogP contribution in [-0.2, 0) is 14.4 Å². The van der Waals surface area contributed by atoms with E-state index in [0.29, 0.717) is 28.9 Å². The van der Waals surface area contributed by atoms with E-state index in [1.807, 2.05) is 6.08 Å². The number of hydrogen-bond acceptors (Lipinski definition) is 6. The molecule has 0 spiro atoms. The Labute approximate surface area is 177 Å². The molecule has 0 bridgehead atoms. The van der Waals surface area contributed by atoms with Crippen LogP contribution in [0.1, 0.15) is 20.8 Å². The minimum Gasteiger partial charge on any atom is -0.326 e. The first-order valence-corrected chi connectivity index (χ1v) is 11.1. The topological polar surface area (TPSA) is 100.0 Å². The third-order valence-electron chi connectivity index (χ3n) is 4.06. The van der Waals surface area contributed by atoms with E-state index in [1.165, 1.54) is 18.7 Å². The van der Waals surface area contributed by atoms with E-state index in [4.69, 9.17) is 0 Å². The molecule has 3 rings (SSSR count). The highest BCUT2D eigenvalue weighted by molar-refractivity contribution is 8.17. The Morgan fingerprint density at radius 3 is 2.62 bits per heavy atom. The Bertz CT molecular complexity index is 937. The summed E-state index contributed by atoms with van der Waals surface area (Å²) < 4.78 is 0. The van der Waals surface area contributed by atoms with Crippen LogP contribution in [-0.4, -0.2) is 40.1 Å². The summed E-state index contributed by atoms with van der Waals surface area (Å²) in [6, 6.07) is 6.94. The molecule has 0 aromatic heterocycles. The van der Waals surface area contributed by atoms with Gasteiger partial charge in [0.1, 0.15) is 11.8 Å². The average Bonchev–Trinajstić information content (AvgIpc) is 3.06. The van der Waals surface area contributed by atoms with Gasteiger partial charge in [-0.05, 0) is 29.0 Å². The van der Waals surface area contributed by atoms with Gasteiger partial charge in [0, 0.05) is 18.3 Å². The fourth-order valence-corrected chi connectivity index (χ4v) is 4.56. The van der Waals surface area contributed by atoms with Gasteiger partial charge in [-0.3, -0.25) is 14.4 Å². The molecule has 2 N–H and O–H groups in total. The number of carbonyl (C=O) groups excluding carboxylic acids is 3. The normalized spacial score (nSPS) is 18.0. The molecule has 2 aliphatic rings. The van der Waals surface area contributed by atoms with Crippen molar-refractivity contribution < 1.29 is 14.4 Å². The van der Waals surface area contributed by atoms with Crippen molar-refractivity contribution in [3.05, 3.63) is 35.2 Å². The number of allylic oxidation sites excluding steroid dienone is 1. The number of carbonyl (C=O) groups is 3. The van der Waals surface area contributed by atoms with Gasteiger partial charge < -0.3 is 10.6 Å². The number of aliphatic imine (C=N–C) groups is 2. The van der Waals surface area contributed by atoms with Crippen LogP contribution in [0.15, 0.2) is 45.2 Å². The highest BCUT2D eigenvalue weighted by Crippen LogP contribution is 2.38.